The molecular weight excluding hydrogens is 394 g/mol. The van der Waals surface area contributed by atoms with Gasteiger partial charge >= 0.3 is 5.97 Å². The number of rotatable bonds is 8. The summed E-state index contributed by atoms with van der Waals surface area (Å²) in [5.41, 5.74) is 4.11. The number of methoxy groups -OCH3 is 1. The molecular formula is C25H27NO5. The van der Waals surface area contributed by atoms with E-state index in [0.717, 1.165) is 46.9 Å². The van der Waals surface area contributed by atoms with Gasteiger partial charge in [0.15, 0.2) is 0 Å². The predicted molar refractivity (Wildman–Crippen MR) is 117 cm³/mol. The monoisotopic (exact) mass is 421 g/mol. The first-order valence-electron chi connectivity index (χ1n) is 10.6. The van der Waals surface area contributed by atoms with E-state index in [0.29, 0.717) is 18.9 Å². The summed E-state index contributed by atoms with van der Waals surface area (Å²) in [6, 6.07) is 13.6. The number of carboxylic acid groups (broad SMARTS) is 1. The van der Waals surface area contributed by atoms with Gasteiger partial charge in [0.05, 0.1) is 25.3 Å². The third-order valence-electron chi connectivity index (χ3n) is 6.07. The maximum absolute atomic E-state index is 11.3. The molecule has 162 valence electrons. The average Bonchev–Trinajstić information content (AvgIpc) is 3.36. The Hall–Kier alpha value is -3.28. The number of aromatic nitrogens is 1. The van der Waals surface area contributed by atoms with E-state index in [1.54, 1.807) is 14.0 Å². The molecule has 0 radical (unpaired) electrons. The topological polar surface area (TPSA) is 81.8 Å². The minimum Gasteiger partial charge on any atom is -0.497 e. The quantitative estimate of drug-likeness (QED) is 0.549. The number of hydrogen-bond donors (Lipinski definition) is 1. The molecule has 1 N–H and O–H groups in total. The molecule has 3 aromatic rings. The Morgan fingerprint density at radius 1 is 1.23 bits per heavy atom. The molecule has 6 nitrogen and oxygen atoms in total. The lowest BCUT2D eigenvalue weighted by Crippen LogP contribution is -2.17. The third kappa shape index (κ3) is 4.43. The molecule has 0 saturated heterocycles. The van der Waals surface area contributed by atoms with Crippen molar-refractivity contribution in [1.82, 2.24) is 4.98 Å². The molecule has 1 aromatic heterocycles. The highest BCUT2D eigenvalue weighted by molar-refractivity contribution is 5.71. The summed E-state index contributed by atoms with van der Waals surface area (Å²) < 4.78 is 17.0. The summed E-state index contributed by atoms with van der Waals surface area (Å²) in [5, 5.41) is 9.32. The molecule has 2 unspecified atom stereocenters. The standard InChI is InChI=1S/C25H27NO5/c1-15(25(27)28)21-10-6-18-14-20(9-11-22(18)21)30-13-12-23-16(2)31-24(26-23)17-4-7-19(29-3)8-5-17/h4-5,7-9,11,14-15,21H,6,10,12-13H2,1-3H3,(H,27,28). The van der Waals surface area contributed by atoms with Gasteiger partial charge in [-0.25, -0.2) is 4.98 Å². The summed E-state index contributed by atoms with van der Waals surface area (Å²) >= 11 is 0. The number of fused-ring (bicyclic) bond motifs is 1. The summed E-state index contributed by atoms with van der Waals surface area (Å²) in [6.45, 7) is 4.19. The largest absolute Gasteiger partial charge is 0.497 e. The summed E-state index contributed by atoms with van der Waals surface area (Å²) in [7, 11) is 1.64. The maximum Gasteiger partial charge on any atom is 0.306 e. The fourth-order valence-corrected chi connectivity index (χ4v) is 4.19. The molecule has 6 heteroatoms. The Balaban J connectivity index is 1.38. The van der Waals surface area contributed by atoms with E-state index in [1.807, 2.05) is 49.4 Å². The smallest absolute Gasteiger partial charge is 0.306 e. The van der Waals surface area contributed by atoms with E-state index in [-0.39, 0.29) is 11.8 Å². The normalized spacial score (nSPS) is 16.0. The van der Waals surface area contributed by atoms with Crippen LogP contribution in [0.3, 0.4) is 0 Å². The zero-order valence-electron chi connectivity index (χ0n) is 18.1. The Kier molecular flexibility index (Phi) is 5.98. The summed E-state index contributed by atoms with van der Waals surface area (Å²) in [6.07, 6.45) is 2.40. The molecule has 0 spiro atoms. The molecule has 4 rings (SSSR count). The van der Waals surface area contributed by atoms with Crippen molar-refractivity contribution in [2.24, 2.45) is 5.92 Å². The number of ether oxygens (including phenoxy) is 2. The highest BCUT2D eigenvalue weighted by atomic mass is 16.5. The van der Waals surface area contributed by atoms with Gasteiger partial charge in [0.25, 0.3) is 0 Å². The maximum atomic E-state index is 11.3. The molecule has 0 amide bonds. The lowest BCUT2D eigenvalue weighted by molar-refractivity contribution is -0.141. The first kappa shape index (κ1) is 21.0. The van der Waals surface area contributed by atoms with Crippen LogP contribution in [-0.2, 0) is 17.6 Å². The van der Waals surface area contributed by atoms with Gasteiger partial charge in [0, 0.05) is 12.0 Å². The molecule has 2 atom stereocenters. The van der Waals surface area contributed by atoms with Crippen molar-refractivity contribution < 1.29 is 23.8 Å². The van der Waals surface area contributed by atoms with Crippen LogP contribution in [0.15, 0.2) is 46.9 Å². The Morgan fingerprint density at radius 3 is 2.68 bits per heavy atom. The fraction of sp³-hybridized carbons (Fsp3) is 0.360. The number of oxazole rings is 1. The number of aliphatic carboxylic acids is 1. The molecule has 0 fully saturated rings. The Bertz CT molecular complexity index is 1070. The van der Waals surface area contributed by atoms with Crippen molar-refractivity contribution in [1.29, 1.82) is 0 Å². The van der Waals surface area contributed by atoms with Crippen LogP contribution in [0.5, 0.6) is 11.5 Å². The number of carboxylic acids is 1. The van der Waals surface area contributed by atoms with Gasteiger partial charge in [-0.2, -0.15) is 0 Å². The Morgan fingerprint density at radius 2 is 1.97 bits per heavy atom. The molecule has 1 aliphatic carbocycles. The van der Waals surface area contributed by atoms with Crippen molar-refractivity contribution in [2.75, 3.05) is 13.7 Å². The first-order valence-corrected chi connectivity index (χ1v) is 10.6. The molecule has 31 heavy (non-hydrogen) atoms. The second-order valence-corrected chi connectivity index (χ2v) is 7.98. The van der Waals surface area contributed by atoms with Gasteiger partial charge in [-0.05, 0) is 73.2 Å². The zero-order chi connectivity index (χ0) is 22.0. The number of carbonyl (C=O) groups is 1. The number of aryl methyl sites for hydroxylation is 2. The molecule has 0 saturated carbocycles. The third-order valence-corrected chi connectivity index (χ3v) is 6.07. The van der Waals surface area contributed by atoms with Crippen LogP contribution >= 0.6 is 0 Å². The minimum atomic E-state index is -0.741. The van der Waals surface area contributed by atoms with Crippen LogP contribution in [-0.4, -0.2) is 29.8 Å². The van der Waals surface area contributed by atoms with Crippen molar-refractivity contribution in [3.8, 4) is 23.0 Å². The van der Waals surface area contributed by atoms with Gasteiger partial charge in [0.2, 0.25) is 5.89 Å². The molecule has 1 aliphatic rings. The van der Waals surface area contributed by atoms with Gasteiger partial charge < -0.3 is 19.0 Å². The lowest BCUT2D eigenvalue weighted by atomic mass is 9.89. The summed E-state index contributed by atoms with van der Waals surface area (Å²) in [5.74, 6) is 1.94. The van der Waals surface area contributed by atoms with Crippen molar-refractivity contribution in [3.05, 3.63) is 65.0 Å². The molecule has 0 bridgehead atoms. The van der Waals surface area contributed by atoms with Gasteiger partial charge in [-0.1, -0.05) is 13.0 Å². The highest BCUT2D eigenvalue weighted by Gasteiger charge is 2.31. The first-order chi connectivity index (χ1) is 15.0. The van der Waals surface area contributed by atoms with Crippen LogP contribution in [0.2, 0.25) is 0 Å². The van der Waals surface area contributed by atoms with Crippen LogP contribution in [0, 0.1) is 12.8 Å². The van der Waals surface area contributed by atoms with E-state index >= 15 is 0 Å². The molecule has 2 aromatic carbocycles. The van der Waals surface area contributed by atoms with Crippen molar-refractivity contribution in [2.45, 2.75) is 39.0 Å². The van der Waals surface area contributed by atoms with Crippen LogP contribution < -0.4 is 9.47 Å². The van der Waals surface area contributed by atoms with E-state index in [2.05, 4.69) is 4.98 Å². The Labute approximate surface area is 181 Å². The van der Waals surface area contributed by atoms with E-state index in [1.165, 1.54) is 5.56 Å². The average molecular weight is 421 g/mol. The number of hydrogen-bond acceptors (Lipinski definition) is 5. The SMILES string of the molecule is COc1ccc(-c2nc(CCOc3ccc4c(c3)CCC4C(C)C(=O)O)c(C)o2)cc1. The minimum absolute atomic E-state index is 0.0794. The van der Waals surface area contributed by atoms with Crippen molar-refractivity contribution >= 4 is 5.97 Å². The van der Waals surface area contributed by atoms with E-state index < -0.39 is 5.97 Å². The van der Waals surface area contributed by atoms with Crippen LogP contribution in [0.4, 0.5) is 0 Å². The second-order valence-electron chi connectivity index (χ2n) is 7.98. The molecule has 0 aliphatic heterocycles. The zero-order valence-corrected chi connectivity index (χ0v) is 18.1. The predicted octanol–water partition coefficient (Wildman–Crippen LogP) is 5.03. The van der Waals surface area contributed by atoms with Crippen molar-refractivity contribution in [3.63, 3.8) is 0 Å². The van der Waals surface area contributed by atoms with Crippen LogP contribution in [0.1, 0.15) is 41.8 Å². The number of nitrogens with zero attached hydrogens (tertiary/aromatic N) is 1. The van der Waals surface area contributed by atoms with Gasteiger partial charge in [0.1, 0.15) is 17.3 Å². The summed E-state index contributed by atoms with van der Waals surface area (Å²) in [4.78, 5) is 16.0. The van der Waals surface area contributed by atoms with E-state index in [4.69, 9.17) is 13.9 Å². The second kappa shape index (κ2) is 8.84. The molecule has 1 heterocycles. The van der Waals surface area contributed by atoms with Gasteiger partial charge in [-0.3, -0.25) is 4.79 Å². The van der Waals surface area contributed by atoms with Gasteiger partial charge in [-0.15, -0.1) is 0 Å². The number of benzene rings is 2. The lowest BCUT2D eigenvalue weighted by Gasteiger charge is -2.16. The van der Waals surface area contributed by atoms with E-state index in [9.17, 15) is 9.90 Å². The fourth-order valence-electron chi connectivity index (χ4n) is 4.19. The van der Waals surface area contributed by atoms with Crippen LogP contribution in [0.25, 0.3) is 11.5 Å². The highest BCUT2D eigenvalue weighted by Crippen LogP contribution is 2.40.